The normalized spacial score (nSPS) is 10.8. The summed E-state index contributed by atoms with van der Waals surface area (Å²) in [7, 11) is 0. The van der Waals surface area contributed by atoms with Crippen LogP contribution in [-0.4, -0.2) is 30.8 Å². The molecular formula is C19H20N4O2. The lowest BCUT2D eigenvalue weighted by molar-refractivity contribution is 0.0697. The largest absolute Gasteiger partial charge is 0.478 e. The van der Waals surface area contributed by atoms with Gasteiger partial charge in [0.05, 0.1) is 5.56 Å². The second kappa shape index (κ2) is 7.25. The topological polar surface area (TPSA) is 80.9 Å². The Morgan fingerprint density at radius 3 is 2.68 bits per heavy atom. The van der Waals surface area contributed by atoms with Crippen molar-refractivity contribution in [3.63, 3.8) is 0 Å². The highest BCUT2D eigenvalue weighted by Gasteiger charge is 2.12. The van der Waals surface area contributed by atoms with E-state index in [9.17, 15) is 9.90 Å². The fraction of sp³-hybridized carbons (Fsp3) is 0.263. The third-order valence-electron chi connectivity index (χ3n) is 3.92. The maximum absolute atomic E-state index is 11.4. The molecule has 0 unspecified atom stereocenters. The Morgan fingerprint density at radius 2 is 2.00 bits per heavy atom. The van der Waals surface area contributed by atoms with Crippen molar-refractivity contribution >= 4 is 5.97 Å². The van der Waals surface area contributed by atoms with Gasteiger partial charge in [0.1, 0.15) is 11.6 Å². The Balaban J connectivity index is 1.85. The highest BCUT2D eigenvalue weighted by molar-refractivity contribution is 5.95. The van der Waals surface area contributed by atoms with Crippen LogP contribution in [-0.2, 0) is 13.0 Å². The number of hydrogen-bond acceptors (Lipinski definition) is 4. The summed E-state index contributed by atoms with van der Waals surface area (Å²) >= 11 is 0. The Labute approximate surface area is 146 Å². The molecule has 2 heterocycles. The molecule has 128 valence electrons. The van der Waals surface area contributed by atoms with E-state index < -0.39 is 5.97 Å². The van der Waals surface area contributed by atoms with Gasteiger partial charge in [-0.05, 0) is 31.0 Å². The summed E-state index contributed by atoms with van der Waals surface area (Å²) in [5, 5.41) is 13.7. The minimum absolute atomic E-state index is 0.273. The highest BCUT2D eigenvalue weighted by Crippen LogP contribution is 2.23. The maximum atomic E-state index is 11.4. The van der Waals surface area contributed by atoms with Crippen LogP contribution in [0.3, 0.4) is 0 Å². The average Bonchev–Trinajstić information content (AvgIpc) is 2.95. The summed E-state index contributed by atoms with van der Waals surface area (Å²) in [5.74, 6) is 0.712. The smallest absolute Gasteiger partial charge is 0.336 e. The summed E-state index contributed by atoms with van der Waals surface area (Å²) in [6.45, 7) is 4.82. The molecule has 6 heteroatoms. The third kappa shape index (κ3) is 3.74. The molecule has 3 rings (SSSR count). The van der Waals surface area contributed by atoms with Gasteiger partial charge in [-0.3, -0.25) is 4.98 Å². The lowest BCUT2D eigenvalue weighted by Gasteiger charge is -2.07. The Hall–Kier alpha value is -3.02. The fourth-order valence-corrected chi connectivity index (χ4v) is 2.79. The van der Waals surface area contributed by atoms with Crippen molar-refractivity contribution in [2.75, 3.05) is 0 Å². The predicted molar refractivity (Wildman–Crippen MR) is 94.5 cm³/mol. The number of aromatic nitrogens is 4. The molecule has 0 aliphatic rings. The molecule has 3 aromatic rings. The number of rotatable bonds is 6. The van der Waals surface area contributed by atoms with Crippen molar-refractivity contribution in [2.24, 2.45) is 0 Å². The van der Waals surface area contributed by atoms with E-state index in [1.54, 1.807) is 24.4 Å². The Kier molecular flexibility index (Phi) is 4.88. The first kappa shape index (κ1) is 16.8. The number of carboxylic acid groups (broad SMARTS) is 1. The van der Waals surface area contributed by atoms with E-state index in [0.717, 1.165) is 35.9 Å². The van der Waals surface area contributed by atoms with Gasteiger partial charge >= 0.3 is 5.97 Å². The van der Waals surface area contributed by atoms with Crippen molar-refractivity contribution < 1.29 is 9.90 Å². The minimum atomic E-state index is -0.942. The number of aromatic carboxylic acids is 1. The number of carboxylic acids is 1. The summed E-state index contributed by atoms with van der Waals surface area (Å²) in [6, 6.07) is 10.7. The van der Waals surface area contributed by atoms with Crippen LogP contribution in [0.1, 0.15) is 41.0 Å². The minimum Gasteiger partial charge on any atom is -0.478 e. The highest BCUT2D eigenvalue weighted by atomic mass is 16.4. The van der Waals surface area contributed by atoms with Crippen LogP contribution in [0.5, 0.6) is 0 Å². The van der Waals surface area contributed by atoms with Gasteiger partial charge in [0.2, 0.25) is 0 Å². The van der Waals surface area contributed by atoms with Gasteiger partial charge in [-0.2, -0.15) is 5.10 Å². The van der Waals surface area contributed by atoms with Crippen molar-refractivity contribution in [2.45, 2.75) is 33.2 Å². The zero-order valence-electron chi connectivity index (χ0n) is 14.3. The number of carbonyl (C=O) groups is 1. The molecule has 0 saturated heterocycles. The van der Waals surface area contributed by atoms with Crippen molar-refractivity contribution in [3.05, 3.63) is 65.5 Å². The fourth-order valence-electron chi connectivity index (χ4n) is 2.79. The van der Waals surface area contributed by atoms with Crippen LogP contribution >= 0.6 is 0 Å². The van der Waals surface area contributed by atoms with Gasteiger partial charge in [-0.1, -0.05) is 31.2 Å². The number of hydrogen-bond donors (Lipinski definition) is 1. The van der Waals surface area contributed by atoms with Crippen LogP contribution in [0.15, 0.2) is 42.6 Å². The second-order valence-corrected chi connectivity index (χ2v) is 5.86. The lowest BCUT2D eigenvalue weighted by atomic mass is 10.0. The molecule has 2 aromatic heterocycles. The van der Waals surface area contributed by atoms with Crippen molar-refractivity contribution in [1.82, 2.24) is 19.7 Å². The van der Waals surface area contributed by atoms with Gasteiger partial charge < -0.3 is 5.11 Å². The Morgan fingerprint density at radius 1 is 1.20 bits per heavy atom. The number of pyridine rings is 1. The van der Waals surface area contributed by atoms with Crippen LogP contribution in [0, 0.1) is 6.92 Å². The van der Waals surface area contributed by atoms with E-state index in [2.05, 4.69) is 22.0 Å². The SMILES string of the molecule is CCCn1nc(C)nc1Cc1ccc(-c2ccccc2C(=O)O)cn1. The van der Waals surface area contributed by atoms with Crippen molar-refractivity contribution in [1.29, 1.82) is 0 Å². The molecule has 25 heavy (non-hydrogen) atoms. The summed E-state index contributed by atoms with van der Waals surface area (Å²) in [5.41, 5.74) is 2.60. The Bertz CT molecular complexity index is 885. The van der Waals surface area contributed by atoms with Crippen LogP contribution in [0.4, 0.5) is 0 Å². The molecule has 0 amide bonds. The first-order valence-corrected chi connectivity index (χ1v) is 8.26. The summed E-state index contributed by atoms with van der Waals surface area (Å²) in [4.78, 5) is 20.3. The standard InChI is InChI=1S/C19H20N4O2/c1-3-10-23-18(21-13(2)22-23)11-15-9-8-14(12-20-15)16-6-4-5-7-17(16)19(24)25/h4-9,12H,3,10-11H2,1-2H3,(H,24,25). The van der Waals surface area contributed by atoms with Crippen molar-refractivity contribution in [3.8, 4) is 11.1 Å². The third-order valence-corrected chi connectivity index (χ3v) is 3.92. The molecule has 6 nitrogen and oxygen atoms in total. The quantitative estimate of drug-likeness (QED) is 0.746. The lowest BCUT2D eigenvalue weighted by Crippen LogP contribution is -2.07. The van der Waals surface area contributed by atoms with Gasteiger partial charge in [0, 0.05) is 30.4 Å². The van der Waals surface area contributed by atoms with Crippen LogP contribution < -0.4 is 0 Å². The number of benzene rings is 1. The maximum Gasteiger partial charge on any atom is 0.336 e. The molecule has 0 fully saturated rings. The van der Waals surface area contributed by atoms with Crippen LogP contribution in [0.2, 0.25) is 0 Å². The predicted octanol–water partition coefficient (Wildman–Crippen LogP) is 3.35. The summed E-state index contributed by atoms with van der Waals surface area (Å²) < 4.78 is 1.92. The van der Waals surface area contributed by atoms with E-state index in [-0.39, 0.29) is 5.56 Å². The molecule has 0 bridgehead atoms. The molecule has 0 spiro atoms. The summed E-state index contributed by atoms with van der Waals surface area (Å²) in [6.07, 6.45) is 3.31. The van der Waals surface area contributed by atoms with Gasteiger partial charge in [-0.25, -0.2) is 14.5 Å². The van der Waals surface area contributed by atoms with Gasteiger partial charge in [0.15, 0.2) is 0 Å². The molecule has 0 aliphatic heterocycles. The number of nitrogens with zero attached hydrogens (tertiary/aromatic N) is 4. The van der Waals surface area contributed by atoms with E-state index in [0.29, 0.717) is 12.0 Å². The van der Waals surface area contributed by atoms with E-state index in [1.807, 2.05) is 29.8 Å². The zero-order chi connectivity index (χ0) is 17.8. The zero-order valence-corrected chi connectivity index (χ0v) is 14.3. The molecule has 0 saturated carbocycles. The molecule has 0 aliphatic carbocycles. The molecular weight excluding hydrogens is 316 g/mol. The molecule has 1 N–H and O–H groups in total. The molecule has 0 atom stereocenters. The van der Waals surface area contributed by atoms with E-state index in [4.69, 9.17) is 0 Å². The monoisotopic (exact) mass is 336 g/mol. The van der Waals surface area contributed by atoms with E-state index in [1.165, 1.54) is 0 Å². The average molecular weight is 336 g/mol. The number of aryl methyl sites for hydroxylation is 2. The molecule has 0 radical (unpaired) electrons. The first-order chi connectivity index (χ1) is 12.1. The first-order valence-electron chi connectivity index (χ1n) is 8.26. The van der Waals surface area contributed by atoms with Crippen LogP contribution in [0.25, 0.3) is 11.1 Å². The molecule has 1 aromatic carbocycles. The van der Waals surface area contributed by atoms with Gasteiger partial charge in [-0.15, -0.1) is 0 Å². The van der Waals surface area contributed by atoms with E-state index >= 15 is 0 Å². The second-order valence-electron chi connectivity index (χ2n) is 5.86. The van der Waals surface area contributed by atoms with Gasteiger partial charge in [0.25, 0.3) is 0 Å².